The Balaban J connectivity index is 2.75. The molecule has 0 spiro atoms. The third-order valence-corrected chi connectivity index (χ3v) is 4.43. The average molecular weight is 479 g/mol. The maximum Gasteiger partial charge on any atom is 0.418 e. The molecule has 0 amide bonds. The molecule has 164 valence electrons. The number of quaternary nitrogens is 1. The molecule has 0 saturated heterocycles. The van der Waals surface area contributed by atoms with Gasteiger partial charge in [-0.3, -0.25) is 10.1 Å². The van der Waals surface area contributed by atoms with Crippen LogP contribution in [-0.4, -0.2) is 16.5 Å². The number of halogens is 8. The Hall–Kier alpha value is -2.35. The Labute approximate surface area is 173 Å². The lowest BCUT2D eigenvalue weighted by Gasteiger charge is -2.24. The zero-order valence-electron chi connectivity index (χ0n) is 14.6. The minimum absolute atomic E-state index is 0.321. The van der Waals surface area contributed by atoms with Crippen LogP contribution < -0.4 is 10.4 Å². The van der Waals surface area contributed by atoms with Crippen molar-refractivity contribution in [3.63, 3.8) is 0 Å². The van der Waals surface area contributed by atoms with Crippen LogP contribution >= 0.6 is 23.2 Å². The molecule has 30 heavy (non-hydrogen) atoms. The summed E-state index contributed by atoms with van der Waals surface area (Å²) < 4.78 is 78.0. The molecule has 0 fully saturated rings. The summed E-state index contributed by atoms with van der Waals surface area (Å²) in [6.07, 6.45) is -9.55. The van der Waals surface area contributed by atoms with Crippen molar-refractivity contribution in [2.45, 2.75) is 19.3 Å². The van der Waals surface area contributed by atoms with Gasteiger partial charge in [-0.15, -0.1) is 0 Å². The zero-order chi connectivity index (χ0) is 23.0. The second kappa shape index (κ2) is 8.41. The number of rotatable bonds is 5. The summed E-state index contributed by atoms with van der Waals surface area (Å²) in [5, 5.41) is 22.9. The highest BCUT2D eigenvalue weighted by atomic mass is 35.5. The predicted molar refractivity (Wildman–Crippen MR) is 95.2 cm³/mol. The number of benzene rings is 1. The van der Waals surface area contributed by atoms with Crippen molar-refractivity contribution in [1.29, 1.82) is 0 Å². The van der Waals surface area contributed by atoms with Gasteiger partial charge in [-0.25, -0.2) is 4.98 Å². The molecule has 2 aromatic rings. The second-order valence-corrected chi connectivity index (χ2v) is 6.50. The summed E-state index contributed by atoms with van der Waals surface area (Å²) in [6.45, 7) is 0.960. The smallest absolute Gasteiger partial charge is 0.418 e. The van der Waals surface area contributed by atoms with Gasteiger partial charge in [-0.2, -0.15) is 26.3 Å². The summed E-state index contributed by atoms with van der Waals surface area (Å²) >= 11 is 11.3. The van der Waals surface area contributed by atoms with E-state index in [1.54, 1.807) is 0 Å². The summed E-state index contributed by atoms with van der Waals surface area (Å²) in [6, 6.07) is 0.775. The number of nitro benzene ring substituents is 1. The van der Waals surface area contributed by atoms with Crippen molar-refractivity contribution in [3.8, 4) is 0 Å². The minimum atomic E-state index is -5.12. The molecule has 1 aromatic carbocycles. The van der Waals surface area contributed by atoms with Gasteiger partial charge in [-0.1, -0.05) is 23.2 Å². The van der Waals surface area contributed by atoms with Crippen LogP contribution in [0.15, 0.2) is 18.3 Å². The van der Waals surface area contributed by atoms with E-state index in [0.29, 0.717) is 18.3 Å². The van der Waals surface area contributed by atoms with E-state index in [-0.39, 0.29) is 6.54 Å². The fourth-order valence-electron chi connectivity index (χ4n) is 2.36. The zero-order valence-corrected chi connectivity index (χ0v) is 16.1. The van der Waals surface area contributed by atoms with Gasteiger partial charge in [0, 0.05) is 12.3 Å². The van der Waals surface area contributed by atoms with E-state index in [4.69, 9.17) is 23.2 Å². The van der Waals surface area contributed by atoms with Crippen LogP contribution in [0.25, 0.3) is 0 Å². The highest BCUT2D eigenvalue weighted by Gasteiger charge is 2.41. The van der Waals surface area contributed by atoms with Crippen LogP contribution in [-0.2, 0) is 12.4 Å². The predicted octanol–water partition coefficient (Wildman–Crippen LogP) is 5.11. The maximum absolute atomic E-state index is 13.2. The first kappa shape index (κ1) is 23.9. The van der Waals surface area contributed by atoms with Crippen LogP contribution in [0, 0.1) is 15.3 Å². The number of alkyl halides is 6. The van der Waals surface area contributed by atoms with Crippen LogP contribution in [0.5, 0.6) is 0 Å². The number of anilines is 2. The molecule has 0 aliphatic rings. The Bertz CT molecular complexity index is 984. The molecule has 1 aromatic heterocycles. The molecule has 2 N–H and O–H groups in total. The highest BCUT2D eigenvalue weighted by molar-refractivity contribution is 6.35. The lowest BCUT2D eigenvalue weighted by molar-refractivity contribution is -0.773. The number of nitrogens with one attached hydrogen (secondary N) is 2. The fraction of sp³-hybridized carbons (Fsp3) is 0.267. The molecule has 0 aliphatic heterocycles. The SMILES string of the molecule is CC[NH+]([O-])c1cc(C(F)(F)F)c(Cl)c([N+](=O)[O-])c1Nc1ncc(C(F)(F)F)cc1Cl. The number of hydrogen-bond acceptors (Lipinski definition) is 5. The van der Waals surface area contributed by atoms with Crippen LogP contribution in [0.4, 0.5) is 49.2 Å². The number of hydrogen-bond donors (Lipinski definition) is 2. The van der Waals surface area contributed by atoms with E-state index < -0.39 is 66.4 Å². The van der Waals surface area contributed by atoms with Gasteiger partial charge in [0.25, 0.3) is 0 Å². The number of hydroxylamine groups is 1. The van der Waals surface area contributed by atoms with Crippen LogP contribution in [0.1, 0.15) is 18.1 Å². The molecule has 0 saturated carbocycles. The fourth-order valence-corrected chi connectivity index (χ4v) is 2.90. The molecule has 7 nitrogen and oxygen atoms in total. The largest absolute Gasteiger partial charge is 0.629 e. The molecule has 0 aliphatic carbocycles. The van der Waals surface area contributed by atoms with Gasteiger partial charge in [0.05, 0.1) is 27.6 Å². The monoisotopic (exact) mass is 478 g/mol. The quantitative estimate of drug-likeness (QED) is 0.353. The Morgan fingerprint density at radius 3 is 2.20 bits per heavy atom. The highest BCUT2D eigenvalue weighted by Crippen LogP contribution is 2.47. The first-order valence-electron chi connectivity index (χ1n) is 7.79. The van der Waals surface area contributed by atoms with Crippen molar-refractivity contribution in [1.82, 2.24) is 4.98 Å². The van der Waals surface area contributed by atoms with Gasteiger partial charge in [-0.05, 0) is 13.0 Å². The third kappa shape index (κ3) is 4.86. The van der Waals surface area contributed by atoms with E-state index in [9.17, 15) is 41.7 Å². The first-order chi connectivity index (χ1) is 13.7. The van der Waals surface area contributed by atoms with Crippen molar-refractivity contribution in [3.05, 3.63) is 54.8 Å². The molecule has 2 rings (SSSR count). The van der Waals surface area contributed by atoms with Gasteiger partial charge < -0.3 is 15.6 Å². The molecular weight excluding hydrogens is 469 g/mol. The molecular formula is C15H10Cl2F6N4O3. The number of nitrogens with zero attached hydrogens (tertiary/aromatic N) is 2. The Morgan fingerprint density at radius 1 is 1.17 bits per heavy atom. The normalized spacial score (nSPS) is 13.3. The summed E-state index contributed by atoms with van der Waals surface area (Å²) in [7, 11) is 0. The summed E-state index contributed by atoms with van der Waals surface area (Å²) in [5.74, 6) is -0.561. The molecule has 0 bridgehead atoms. The number of nitro groups is 1. The van der Waals surface area contributed by atoms with Gasteiger partial charge in [0.1, 0.15) is 10.8 Å². The number of aromatic nitrogens is 1. The van der Waals surface area contributed by atoms with Crippen molar-refractivity contribution < 1.29 is 36.3 Å². The molecule has 0 radical (unpaired) electrons. The van der Waals surface area contributed by atoms with E-state index in [1.807, 2.05) is 0 Å². The van der Waals surface area contributed by atoms with Gasteiger partial charge in [0.15, 0.2) is 11.4 Å². The first-order valence-corrected chi connectivity index (χ1v) is 8.55. The Morgan fingerprint density at radius 2 is 1.77 bits per heavy atom. The second-order valence-electron chi connectivity index (χ2n) is 5.72. The lowest BCUT2D eigenvalue weighted by atomic mass is 10.1. The average Bonchev–Trinajstić information content (AvgIpc) is 2.60. The van der Waals surface area contributed by atoms with E-state index in [0.717, 1.165) is 0 Å². The summed E-state index contributed by atoms with van der Waals surface area (Å²) in [5.41, 5.74) is -5.69. The number of pyridine rings is 1. The van der Waals surface area contributed by atoms with Crippen LogP contribution in [0.3, 0.4) is 0 Å². The molecule has 1 atom stereocenters. The lowest BCUT2D eigenvalue weighted by Crippen LogP contribution is -3.01. The third-order valence-electron chi connectivity index (χ3n) is 3.76. The molecule has 1 heterocycles. The minimum Gasteiger partial charge on any atom is -0.629 e. The van der Waals surface area contributed by atoms with Gasteiger partial charge >= 0.3 is 18.0 Å². The topological polar surface area (TPSA) is 95.6 Å². The van der Waals surface area contributed by atoms with Gasteiger partial charge in [0.2, 0.25) is 0 Å². The molecule has 15 heteroatoms. The van der Waals surface area contributed by atoms with E-state index in [1.165, 1.54) is 6.92 Å². The Kier molecular flexibility index (Phi) is 6.71. The van der Waals surface area contributed by atoms with Crippen molar-refractivity contribution in [2.24, 2.45) is 0 Å². The standard InChI is InChI=1S/C15H10Cl2F6N4O3/c1-2-26(28)9-4-7(15(21,22)23)10(17)12(27(29)30)11(9)25-13-8(16)3-6(5-24-13)14(18,19)20/h3-5,26H,2H2,1H3,(H,24,25). The van der Waals surface area contributed by atoms with Crippen LogP contribution in [0.2, 0.25) is 10.0 Å². The van der Waals surface area contributed by atoms with E-state index in [2.05, 4.69) is 10.3 Å². The van der Waals surface area contributed by atoms with Crippen molar-refractivity contribution >= 4 is 46.1 Å². The van der Waals surface area contributed by atoms with E-state index >= 15 is 0 Å². The summed E-state index contributed by atoms with van der Waals surface area (Å²) in [4.78, 5) is 13.6. The molecule has 1 unspecified atom stereocenters. The maximum atomic E-state index is 13.2. The van der Waals surface area contributed by atoms with Crippen molar-refractivity contribution in [2.75, 3.05) is 11.9 Å².